The Morgan fingerprint density at radius 3 is 2.28 bits per heavy atom. The van der Waals surface area contributed by atoms with Gasteiger partial charge in [-0.05, 0) is 42.3 Å². The SMILES string of the molecule is CCCc1ccccc1NC(=O)c1ccc(N2CCN(C(=O)c3ccccc3C(F)(F)F)CC2)nn1. The number of piperazine rings is 1. The third-order valence-electron chi connectivity index (χ3n) is 6.02. The van der Waals surface area contributed by atoms with Crippen molar-refractivity contribution < 1.29 is 22.8 Å². The van der Waals surface area contributed by atoms with Crippen molar-refractivity contribution in [3.8, 4) is 0 Å². The number of halogens is 3. The molecule has 0 unspecified atom stereocenters. The Morgan fingerprint density at radius 2 is 1.61 bits per heavy atom. The number of aryl methyl sites for hydroxylation is 1. The Labute approximate surface area is 206 Å². The van der Waals surface area contributed by atoms with E-state index in [0.29, 0.717) is 18.9 Å². The highest BCUT2D eigenvalue weighted by atomic mass is 19.4. The van der Waals surface area contributed by atoms with Gasteiger partial charge in [-0.3, -0.25) is 9.59 Å². The maximum absolute atomic E-state index is 13.3. The molecule has 0 bridgehead atoms. The van der Waals surface area contributed by atoms with Crippen molar-refractivity contribution in [1.29, 1.82) is 0 Å². The summed E-state index contributed by atoms with van der Waals surface area (Å²) in [5.41, 5.74) is 0.664. The predicted octanol–water partition coefficient (Wildman–Crippen LogP) is 4.66. The molecule has 2 amide bonds. The molecule has 7 nitrogen and oxygen atoms in total. The van der Waals surface area contributed by atoms with Gasteiger partial charge in [-0.25, -0.2) is 0 Å². The van der Waals surface area contributed by atoms with Crippen LogP contribution in [-0.2, 0) is 12.6 Å². The first-order valence-electron chi connectivity index (χ1n) is 11.7. The van der Waals surface area contributed by atoms with Crippen LogP contribution in [0.25, 0.3) is 0 Å². The van der Waals surface area contributed by atoms with Crippen LogP contribution < -0.4 is 10.2 Å². The fourth-order valence-corrected chi connectivity index (χ4v) is 4.16. The van der Waals surface area contributed by atoms with E-state index in [2.05, 4.69) is 22.4 Å². The van der Waals surface area contributed by atoms with E-state index in [-0.39, 0.29) is 30.3 Å². The molecule has 1 aliphatic rings. The number of rotatable bonds is 6. The first-order chi connectivity index (χ1) is 17.3. The lowest BCUT2D eigenvalue weighted by atomic mass is 10.1. The number of aromatic nitrogens is 2. The molecule has 0 radical (unpaired) electrons. The number of carbonyl (C=O) groups excluding carboxylic acids is 2. The standard InChI is InChI=1S/C26H26F3N5O2/c1-2-7-18-8-3-6-11-21(18)30-24(35)22-12-13-23(32-31-22)33-14-16-34(17-15-33)25(36)19-9-4-5-10-20(19)26(27,28)29/h3-6,8-13H,2,7,14-17H2,1H3,(H,30,35). The van der Waals surface area contributed by atoms with E-state index in [1.165, 1.54) is 23.1 Å². The van der Waals surface area contributed by atoms with Gasteiger partial charge in [0.15, 0.2) is 11.5 Å². The van der Waals surface area contributed by atoms with E-state index in [0.717, 1.165) is 30.2 Å². The molecule has 4 rings (SSSR count). The summed E-state index contributed by atoms with van der Waals surface area (Å²) < 4.78 is 39.9. The minimum atomic E-state index is -4.60. The molecule has 0 atom stereocenters. The van der Waals surface area contributed by atoms with Gasteiger partial charge in [-0.2, -0.15) is 13.2 Å². The van der Waals surface area contributed by atoms with Crippen molar-refractivity contribution in [3.05, 3.63) is 83.0 Å². The van der Waals surface area contributed by atoms with Gasteiger partial charge in [-0.15, -0.1) is 10.2 Å². The molecule has 1 aliphatic heterocycles. The molecule has 0 spiro atoms. The fourth-order valence-electron chi connectivity index (χ4n) is 4.16. The van der Waals surface area contributed by atoms with Gasteiger partial charge in [0.05, 0.1) is 11.1 Å². The van der Waals surface area contributed by atoms with Crippen LogP contribution in [0, 0.1) is 0 Å². The number of nitrogens with one attached hydrogen (secondary N) is 1. The van der Waals surface area contributed by atoms with E-state index < -0.39 is 17.6 Å². The number of anilines is 2. The second-order valence-corrected chi connectivity index (χ2v) is 8.46. The maximum atomic E-state index is 13.3. The van der Waals surface area contributed by atoms with Crippen LogP contribution in [0.2, 0.25) is 0 Å². The van der Waals surface area contributed by atoms with Crippen molar-refractivity contribution in [3.63, 3.8) is 0 Å². The molecule has 0 aliphatic carbocycles. The molecule has 10 heteroatoms. The molecule has 1 fully saturated rings. The Kier molecular flexibility index (Phi) is 7.52. The molecule has 2 aromatic carbocycles. The summed E-state index contributed by atoms with van der Waals surface area (Å²) in [6.45, 7) is 3.31. The van der Waals surface area contributed by atoms with Crippen LogP contribution in [0.3, 0.4) is 0 Å². The second-order valence-electron chi connectivity index (χ2n) is 8.46. The summed E-state index contributed by atoms with van der Waals surface area (Å²) in [5.74, 6) is -0.485. The minimum Gasteiger partial charge on any atom is -0.352 e. The number of hydrogen-bond donors (Lipinski definition) is 1. The Balaban J connectivity index is 1.37. The number of nitrogens with zero attached hydrogens (tertiary/aromatic N) is 4. The third kappa shape index (κ3) is 5.64. The molecule has 1 saturated heterocycles. The average molecular weight is 498 g/mol. The van der Waals surface area contributed by atoms with E-state index in [9.17, 15) is 22.8 Å². The number of alkyl halides is 3. The largest absolute Gasteiger partial charge is 0.417 e. The molecule has 0 saturated carbocycles. The van der Waals surface area contributed by atoms with E-state index in [1.807, 2.05) is 29.2 Å². The molecule has 36 heavy (non-hydrogen) atoms. The van der Waals surface area contributed by atoms with Gasteiger partial charge in [0.2, 0.25) is 0 Å². The second kappa shape index (κ2) is 10.8. The topological polar surface area (TPSA) is 78.4 Å². The monoisotopic (exact) mass is 497 g/mol. The predicted molar refractivity (Wildman–Crippen MR) is 130 cm³/mol. The highest BCUT2D eigenvalue weighted by Gasteiger charge is 2.36. The Hall–Kier alpha value is -3.95. The van der Waals surface area contributed by atoms with Crippen molar-refractivity contribution in [2.75, 3.05) is 36.4 Å². The molecule has 3 aromatic rings. The Bertz CT molecular complexity index is 1220. The Morgan fingerprint density at radius 1 is 0.917 bits per heavy atom. The van der Waals surface area contributed by atoms with Gasteiger partial charge in [-0.1, -0.05) is 43.7 Å². The summed E-state index contributed by atoms with van der Waals surface area (Å²) in [4.78, 5) is 28.7. The van der Waals surface area contributed by atoms with Crippen LogP contribution in [0.4, 0.5) is 24.7 Å². The average Bonchev–Trinajstić information content (AvgIpc) is 2.89. The smallest absolute Gasteiger partial charge is 0.352 e. The zero-order chi connectivity index (χ0) is 25.7. The lowest BCUT2D eigenvalue weighted by Gasteiger charge is -2.35. The van der Waals surface area contributed by atoms with Gasteiger partial charge in [0, 0.05) is 31.9 Å². The maximum Gasteiger partial charge on any atom is 0.417 e. The van der Waals surface area contributed by atoms with Crippen LogP contribution in [0.1, 0.15) is 45.3 Å². The van der Waals surface area contributed by atoms with Crippen molar-refractivity contribution in [1.82, 2.24) is 15.1 Å². The fraction of sp³-hybridized carbons (Fsp3) is 0.308. The van der Waals surface area contributed by atoms with Crippen LogP contribution in [-0.4, -0.2) is 53.1 Å². The minimum absolute atomic E-state index is 0.169. The number of para-hydroxylation sites is 1. The highest BCUT2D eigenvalue weighted by Crippen LogP contribution is 2.32. The first-order valence-corrected chi connectivity index (χ1v) is 11.7. The van der Waals surface area contributed by atoms with Crippen LogP contribution in [0.15, 0.2) is 60.7 Å². The van der Waals surface area contributed by atoms with Gasteiger partial charge >= 0.3 is 6.18 Å². The van der Waals surface area contributed by atoms with Crippen molar-refractivity contribution in [2.24, 2.45) is 0 Å². The lowest BCUT2D eigenvalue weighted by molar-refractivity contribution is -0.138. The zero-order valence-corrected chi connectivity index (χ0v) is 19.8. The normalized spacial score (nSPS) is 14.0. The van der Waals surface area contributed by atoms with Crippen molar-refractivity contribution >= 4 is 23.3 Å². The summed E-state index contributed by atoms with van der Waals surface area (Å²) in [6, 6.07) is 15.7. The molecular weight excluding hydrogens is 471 g/mol. The van der Waals surface area contributed by atoms with E-state index in [4.69, 9.17) is 0 Å². The first kappa shape index (κ1) is 25.2. The highest BCUT2D eigenvalue weighted by molar-refractivity contribution is 6.03. The van der Waals surface area contributed by atoms with Crippen LogP contribution >= 0.6 is 0 Å². The zero-order valence-electron chi connectivity index (χ0n) is 19.8. The van der Waals surface area contributed by atoms with Gasteiger partial charge in [0.25, 0.3) is 11.8 Å². The summed E-state index contributed by atoms with van der Waals surface area (Å²) in [6.07, 6.45) is -2.80. The number of carbonyl (C=O) groups is 2. The number of amides is 2. The summed E-state index contributed by atoms with van der Waals surface area (Å²) in [7, 11) is 0. The third-order valence-corrected chi connectivity index (χ3v) is 6.02. The number of benzene rings is 2. The van der Waals surface area contributed by atoms with Gasteiger partial charge < -0.3 is 15.1 Å². The van der Waals surface area contributed by atoms with E-state index in [1.54, 1.807) is 12.1 Å². The summed E-state index contributed by atoms with van der Waals surface area (Å²) >= 11 is 0. The number of hydrogen-bond acceptors (Lipinski definition) is 5. The quantitative estimate of drug-likeness (QED) is 0.536. The lowest BCUT2D eigenvalue weighted by Crippen LogP contribution is -2.49. The van der Waals surface area contributed by atoms with Crippen LogP contribution in [0.5, 0.6) is 0 Å². The van der Waals surface area contributed by atoms with Gasteiger partial charge in [0.1, 0.15) is 0 Å². The molecule has 2 heterocycles. The molecular formula is C26H26F3N5O2. The summed E-state index contributed by atoms with van der Waals surface area (Å²) in [5, 5.41) is 11.1. The molecule has 188 valence electrons. The van der Waals surface area contributed by atoms with E-state index >= 15 is 0 Å². The molecule has 1 N–H and O–H groups in total. The van der Waals surface area contributed by atoms with Crippen molar-refractivity contribution in [2.45, 2.75) is 25.9 Å². The molecule has 1 aromatic heterocycles.